The average molecular weight is 248 g/mol. The number of pyridine rings is 1. The lowest BCUT2D eigenvalue weighted by Crippen LogP contribution is -2.31. The summed E-state index contributed by atoms with van der Waals surface area (Å²) in [7, 11) is 0. The number of hydrogen-bond acceptors (Lipinski definition) is 3. The Morgan fingerprint density at radius 2 is 2.39 bits per heavy atom. The zero-order chi connectivity index (χ0) is 12.8. The first-order chi connectivity index (χ1) is 8.86. The monoisotopic (exact) mass is 248 g/mol. The quantitative estimate of drug-likeness (QED) is 0.840. The van der Waals surface area contributed by atoms with Crippen molar-refractivity contribution < 1.29 is 4.74 Å². The lowest BCUT2D eigenvalue weighted by atomic mass is 9.92. The fraction of sp³-hybridized carbons (Fsp3) is 0.667. The Balaban J connectivity index is 2.20. The van der Waals surface area contributed by atoms with Gasteiger partial charge in [-0.15, -0.1) is 0 Å². The van der Waals surface area contributed by atoms with Crippen molar-refractivity contribution in [2.45, 2.75) is 39.2 Å². The molecule has 1 N–H and O–H groups in total. The highest BCUT2D eigenvalue weighted by atomic mass is 16.5. The number of hydrogen-bond donors (Lipinski definition) is 1. The Labute approximate surface area is 110 Å². The van der Waals surface area contributed by atoms with Crippen molar-refractivity contribution in [2.75, 3.05) is 19.8 Å². The molecule has 2 atom stereocenters. The predicted molar refractivity (Wildman–Crippen MR) is 73.6 cm³/mol. The molecule has 1 aliphatic heterocycles. The third-order valence-corrected chi connectivity index (χ3v) is 3.65. The molecule has 0 saturated carbocycles. The fourth-order valence-corrected chi connectivity index (χ4v) is 2.63. The minimum atomic E-state index is 0.351. The first-order valence-electron chi connectivity index (χ1n) is 7.11. The summed E-state index contributed by atoms with van der Waals surface area (Å²) in [5.74, 6) is 0.566. The number of aryl methyl sites for hydroxylation is 1. The maximum Gasteiger partial charge on any atom is 0.0608 e. The summed E-state index contributed by atoms with van der Waals surface area (Å²) >= 11 is 0. The largest absolute Gasteiger partial charge is 0.381 e. The van der Waals surface area contributed by atoms with Gasteiger partial charge in [0.1, 0.15) is 0 Å². The van der Waals surface area contributed by atoms with Gasteiger partial charge in [-0.1, -0.05) is 19.9 Å². The van der Waals surface area contributed by atoms with Crippen molar-refractivity contribution in [2.24, 2.45) is 5.92 Å². The number of nitrogens with one attached hydrogen (secondary N) is 1. The minimum Gasteiger partial charge on any atom is -0.381 e. The molecule has 18 heavy (non-hydrogen) atoms. The van der Waals surface area contributed by atoms with E-state index in [1.807, 2.05) is 12.3 Å². The summed E-state index contributed by atoms with van der Waals surface area (Å²) in [6.45, 7) is 7.20. The third-order valence-electron chi connectivity index (χ3n) is 3.65. The Kier molecular flexibility index (Phi) is 5.14. The number of rotatable bonds is 6. The highest BCUT2D eigenvalue weighted by Crippen LogP contribution is 2.29. The molecule has 1 fully saturated rings. The molecule has 1 aromatic rings. The van der Waals surface area contributed by atoms with Gasteiger partial charge >= 0.3 is 0 Å². The molecule has 0 spiro atoms. The molecule has 0 amide bonds. The second-order valence-electron chi connectivity index (χ2n) is 4.96. The van der Waals surface area contributed by atoms with Crippen LogP contribution in [0.1, 0.15) is 44.0 Å². The third kappa shape index (κ3) is 3.09. The van der Waals surface area contributed by atoms with E-state index in [0.717, 1.165) is 39.0 Å². The molecule has 1 aliphatic rings. The van der Waals surface area contributed by atoms with Gasteiger partial charge in [-0.3, -0.25) is 4.98 Å². The molecule has 3 nitrogen and oxygen atoms in total. The molecule has 0 aliphatic carbocycles. The van der Waals surface area contributed by atoms with Crippen molar-refractivity contribution in [3.63, 3.8) is 0 Å². The van der Waals surface area contributed by atoms with Gasteiger partial charge in [-0.2, -0.15) is 0 Å². The summed E-state index contributed by atoms with van der Waals surface area (Å²) in [6.07, 6.45) is 5.24. The van der Waals surface area contributed by atoms with Crippen LogP contribution in [0, 0.1) is 5.92 Å². The lowest BCUT2D eigenvalue weighted by molar-refractivity contribution is 0.176. The van der Waals surface area contributed by atoms with Gasteiger partial charge in [0, 0.05) is 18.7 Å². The van der Waals surface area contributed by atoms with Crippen LogP contribution in [0.4, 0.5) is 0 Å². The van der Waals surface area contributed by atoms with Crippen LogP contribution in [0.25, 0.3) is 0 Å². The molecular weight excluding hydrogens is 224 g/mol. The van der Waals surface area contributed by atoms with Gasteiger partial charge in [0.25, 0.3) is 0 Å². The van der Waals surface area contributed by atoms with Gasteiger partial charge in [-0.05, 0) is 37.4 Å². The average Bonchev–Trinajstić information content (AvgIpc) is 2.94. The Hall–Kier alpha value is -0.930. The van der Waals surface area contributed by atoms with Gasteiger partial charge in [0.2, 0.25) is 0 Å². The molecular formula is C15H24N2O. The molecule has 2 heterocycles. The first kappa shape index (κ1) is 13.5. The van der Waals surface area contributed by atoms with Gasteiger partial charge in [0.05, 0.1) is 18.3 Å². The fourth-order valence-electron chi connectivity index (χ4n) is 2.63. The molecule has 0 aromatic carbocycles. The van der Waals surface area contributed by atoms with Crippen molar-refractivity contribution in [1.82, 2.24) is 10.3 Å². The van der Waals surface area contributed by atoms with Crippen molar-refractivity contribution in [3.8, 4) is 0 Å². The molecule has 1 saturated heterocycles. The SMILES string of the molecule is CCCNC(c1ncccc1CC)C1CCOC1. The van der Waals surface area contributed by atoms with E-state index in [1.165, 1.54) is 11.3 Å². The highest BCUT2D eigenvalue weighted by Gasteiger charge is 2.28. The molecule has 0 bridgehead atoms. The van der Waals surface area contributed by atoms with E-state index in [0.29, 0.717) is 12.0 Å². The van der Waals surface area contributed by atoms with Crippen molar-refractivity contribution >= 4 is 0 Å². The van der Waals surface area contributed by atoms with E-state index in [4.69, 9.17) is 4.74 Å². The zero-order valence-corrected chi connectivity index (χ0v) is 11.5. The van der Waals surface area contributed by atoms with Gasteiger partial charge < -0.3 is 10.1 Å². The molecule has 1 aromatic heterocycles. The van der Waals surface area contributed by atoms with E-state index >= 15 is 0 Å². The summed E-state index contributed by atoms with van der Waals surface area (Å²) in [5, 5.41) is 3.66. The second-order valence-corrected chi connectivity index (χ2v) is 4.96. The maximum atomic E-state index is 5.55. The molecule has 3 heteroatoms. The van der Waals surface area contributed by atoms with Crippen LogP contribution in [0.5, 0.6) is 0 Å². The number of aromatic nitrogens is 1. The maximum absolute atomic E-state index is 5.55. The Bertz CT molecular complexity index is 361. The molecule has 0 radical (unpaired) electrons. The van der Waals surface area contributed by atoms with E-state index in [2.05, 4.69) is 30.2 Å². The summed E-state index contributed by atoms with van der Waals surface area (Å²) < 4.78 is 5.55. The van der Waals surface area contributed by atoms with Crippen LogP contribution in [-0.4, -0.2) is 24.7 Å². The first-order valence-corrected chi connectivity index (χ1v) is 7.11. The molecule has 2 rings (SSSR count). The van der Waals surface area contributed by atoms with Crippen LogP contribution in [-0.2, 0) is 11.2 Å². The van der Waals surface area contributed by atoms with Crippen LogP contribution in [0.3, 0.4) is 0 Å². The van der Waals surface area contributed by atoms with Crippen LogP contribution >= 0.6 is 0 Å². The van der Waals surface area contributed by atoms with Crippen LogP contribution < -0.4 is 5.32 Å². The van der Waals surface area contributed by atoms with E-state index < -0.39 is 0 Å². The minimum absolute atomic E-state index is 0.351. The van der Waals surface area contributed by atoms with Gasteiger partial charge in [0.15, 0.2) is 0 Å². The molecule has 2 unspecified atom stereocenters. The van der Waals surface area contributed by atoms with E-state index in [1.54, 1.807) is 0 Å². The summed E-state index contributed by atoms with van der Waals surface area (Å²) in [6, 6.07) is 4.58. The normalized spacial score (nSPS) is 21.1. The van der Waals surface area contributed by atoms with Crippen molar-refractivity contribution in [1.29, 1.82) is 0 Å². The standard InChI is InChI=1S/C15H24N2O/c1-3-8-16-15(13-7-10-18-11-13)14-12(4-2)6-5-9-17-14/h5-6,9,13,15-16H,3-4,7-8,10-11H2,1-2H3. The van der Waals surface area contributed by atoms with Crippen LogP contribution in [0.2, 0.25) is 0 Å². The molecule has 100 valence electrons. The number of ether oxygens (including phenoxy) is 1. The van der Waals surface area contributed by atoms with E-state index in [9.17, 15) is 0 Å². The van der Waals surface area contributed by atoms with E-state index in [-0.39, 0.29) is 0 Å². The topological polar surface area (TPSA) is 34.2 Å². The predicted octanol–water partition coefficient (Wildman–Crippen LogP) is 2.72. The Morgan fingerprint density at radius 1 is 1.50 bits per heavy atom. The van der Waals surface area contributed by atoms with Gasteiger partial charge in [-0.25, -0.2) is 0 Å². The van der Waals surface area contributed by atoms with Crippen molar-refractivity contribution in [3.05, 3.63) is 29.6 Å². The summed E-state index contributed by atoms with van der Waals surface area (Å²) in [4.78, 5) is 4.63. The smallest absolute Gasteiger partial charge is 0.0608 e. The lowest BCUT2D eigenvalue weighted by Gasteiger charge is -2.25. The highest BCUT2D eigenvalue weighted by molar-refractivity contribution is 5.23. The Morgan fingerprint density at radius 3 is 3.06 bits per heavy atom. The second kappa shape index (κ2) is 6.86. The van der Waals surface area contributed by atoms with Crippen LogP contribution in [0.15, 0.2) is 18.3 Å². The zero-order valence-electron chi connectivity index (χ0n) is 11.5. The summed E-state index contributed by atoms with van der Waals surface area (Å²) in [5.41, 5.74) is 2.59. The number of nitrogens with zero attached hydrogens (tertiary/aromatic N) is 1.